The van der Waals surface area contributed by atoms with Crippen molar-refractivity contribution >= 4 is 22.6 Å². The molecule has 3 heterocycles. The van der Waals surface area contributed by atoms with Crippen molar-refractivity contribution in [2.24, 2.45) is 13.0 Å². The van der Waals surface area contributed by atoms with E-state index in [2.05, 4.69) is 23.1 Å². The summed E-state index contributed by atoms with van der Waals surface area (Å²) in [6, 6.07) is 30.5. The molecule has 0 N–H and O–H groups in total. The summed E-state index contributed by atoms with van der Waals surface area (Å²) >= 11 is 0. The zero-order valence-corrected chi connectivity index (χ0v) is 27.1. The summed E-state index contributed by atoms with van der Waals surface area (Å²) in [5.41, 5.74) is 5.48. The maximum absolute atomic E-state index is 12.4. The van der Waals surface area contributed by atoms with Gasteiger partial charge in [0.25, 0.3) is 0 Å². The first-order valence-electron chi connectivity index (χ1n) is 16.0. The molecule has 0 radical (unpaired) electrons. The SMILES string of the molecule is Cn1nc(-c2ccc(OCc3ccccc3)nc2OCc2ccccc2)c2ccc(N3CCC(CC(=O)OC(C)(C)C)CC3)cc21. The van der Waals surface area contributed by atoms with Crippen LogP contribution < -0.4 is 14.4 Å². The Morgan fingerprint density at radius 1 is 0.848 bits per heavy atom. The Morgan fingerprint density at radius 2 is 1.50 bits per heavy atom. The lowest BCUT2D eigenvalue weighted by Gasteiger charge is -2.33. The highest BCUT2D eigenvalue weighted by Gasteiger charge is 2.25. The van der Waals surface area contributed by atoms with Gasteiger partial charge in [0.05, 0.1) is 11.1 Å². The van der Waals surface area contributed by atoms with Gasteiger partial charge in [0.2, 0.25) is 11.8 Å². The molecule has 238 valence electrons. The average molecular weight is 619 g/mol. The molecule has 8 heteroatoms. The van der Waals surface area contributed by atoms with Gasteiger partial charge in [0, 0.05) is 43.7 Å². The van der Waals surface area contributed by atoms with E-state index in [0.29, 0.717) is 37.3 Å². The van der Waals surface area contributed by atoms with E-state index >= 15 is 0 Å². The smallest absolute Gasteiger partial charge is 0.306 e. The summed E-state index contributed by atoms with van der Waals surface area (Å²) in [5.74, 6) is 1.21. The molecule has 1 saturated heterocycles. The summed E-state index contributed by atoms with van der Waals surface area (Å²) in [4.78, 5) is 19.6. The van der Waals surface area contributed by atoms with Crippen LogP contribution in [0.5, 0.6) is 11.8 Å². The number of anilines is 1. The predicted octanol–water partition coefficient (Wildman–Crippen LogP) is 7.74. The third-order valence-electron chi connectivity index (χ3n) is 8.23. The van der Waals surface area contributed by atoms with Crippen molar-refractivity contribution in [3.05, 3.63) is 102 Å². The van der Waals surface area contributed by atoms with E-state index in [1.54, 1.807) is 0 Å². The minimum Gasteiger partial charge on any atom is -0.473 e. The van der Waals surface area contributed by atoms with E-state index in [1.165, 1.54) is 0 Å². The molecule has 0 saturated carbocycles. The van der Waals surface area contributed by atoms with Crippen LogP contribution in [0.2, 0.25) is 0 Å². The van der Waals surface area contributed by atoms with Crippen molar-refractivity contribution in [1.82, 2.24) is 14.8 Å². The Hall–Kier alpha value is -4.85. The lowest BCUT2D eigenvalue weighted by molar-refractivity contribution is -0.156. The normalized spacial score (nSPS) is 14.0. The van der Waals surface area contributed by atoms with Crippen LogP contribution in [0, 0.1) is 5.92 Å². The summed E-state index contributed by atoms with van der Waals surface area (Å²) in [6.45, 7) is 8.34. The second-order valence-corrected chi connectivity index (χ2v) is 12.9. The molecule has 0 spiro atoms. The molecule has 0 unspecified atom stereocenters. The van der Waals surface area contributed by atoms with Gasteiger partial charge >= 0.3 is 5.97 Å². The van der Waals surface area contributed by atoms with Crippen molar-refractivity contribution in [3.8, 4) is 23.0 Å². The monoisotopic (exact) mass is 618 g/mol. The first-order chi connectivity index (χ1) is 22.2. The van der Waals surface area contributed by atoms with E-state index in [4.69, 9.17) is 24.3 Å². The van der Waals surface area contributed by atoms with E-state index in [9.17, 15) is 4.79 Å². The third-order valence-corrected chi connectivity index (χ3v) is 8.23. The summed E-state index contributed by atoms with van der Waals surface area (Å²) in [6.07, 6.45) is 2.40. The van der Waals surface area contributed by atoms with E-state index in [-0.39, 0.29) is 5.97 Å². The van der Waals surface area contributed by atoms with E-state index < -0.39 is 5.60 Å². The molecule has 6 rings (SSSR count). The molecular weight excluding hydrogens is 576 g/mol. The van der Waals surface area contributed by atoms with Crippen molar-refractivity contribution in [1.29, 1.82) is 0 Å². The number of hydrogen-bond acceptors (Lipinski definition) is 7. The fourth-order valence-electron chi connectivity index (χ4n) is 5.91. The van der Waals surface area contributed by atoms with Crippen LogP contribution in [0.1, 0.15) is 51.2 Å². The highest BCUT2D eigenvalue weighted by Crippen LogP contribution is 2.37. The highest BCUT2D eigenvalue weighted by molar-refractivity contribution is 5.96. The molecule has 3 aromatic carbocycles. The van der Waals surface area contributed by atoms with E-state index in [0.717, 1.165) is 64.9 Å². The Kier molecular flexibility index (Phi) is 9.24. The van der Waals surface area contributed by atoms with Crippen molar-refractivity contribution < 1.29 is 19.0 Å². The van der Waals surface area contributed by atoms with Gasteiger partial charge in [0.15, 0.2) is 0 Å². The number of hydrogen-bond donors (Lipinski definition) is 0. The second kappa shape index (κ2) is 13.6. The van der Waals surface area contributed by atoms with Crippen molar-refractivity contribution in [2.45, 2.75) is 58.8 Å². The number of ether oxygens (including phenoxy) is 3. The molecule has 0 atom stereocenters. The van der Waals surface area contributed by atoms with Gasteiger partial charge in [-0.25, -0.2) is 0 Å². The van der Waals surface area contributed by atoms with Crippen molar-refractivity contribution in [2.75, 3.05) is 18.0 Å². The number of aryl methyl sites for hydroxylation is 1. The fraction of sp³-hybridized carbons (Fsp3) is 0.342. The molecule has 2 aromatic heterocycles. The number of carbonyl (C=O) groups excluding carboxylic acids is 1. The number of fused-ring (bicyclic) bond motifs is 1. The van der Waals surface area contributed by atoms with Gasteiger partial charge in [0.1, 0.15) is 24.5 Å². The van der Waals surface area contributed by atoms with Crippen LogP contribution in [0.3, 0.4) is 0 Å². The molecule has 5 aromatic rings. The molecule has 46 heavy (non-hydrogen) atoms. The number of piperidine rings is 1. The van der Waals surface area contributed by atoms with Crippen LogP contribution >= 0.6 is 0 Å². The van der Waals surface area contributed by atoms with Crippen LogP contribution in [0.4, 0.5) is 5.69 Å². The predicted molar refractivity (Wildman–Crippen MR) is 181 cm³/mol. The number of esters is 1. The highest BCUT2D eigenvalue weighted by atomic mass is 16.6. The molecule has 1 fully saturated rings. The second-order valence-electron chi connectivity index (χ2n) is 12.9. The Labute approximate surface area is 270 Å². The quantitative estimate of drug-likeness (QED) is 0.148. The van der Waals surface area contributed by atoms with Crippen molar-refractivity contribution in [3.63, 3.8) is 0 Å². The van der Waals surface area contributed by atoms with Gasteiger partial charge in [-0.1, -0.05) is 60.7 Å². The number of rotatable bonds is 10. The average Bonchev–Trinajstić information content (AvgIpc) is 3.38. The standard InChI is InChI=1S/C38H42N4O4/c1-38(2,3)46-35(43)23-27-19-21-42(22-20-27)30-15-16-31-33(24-30)41(4)40-36(31)32-17-18-34(44-25-28-11-7-5-8-12-28)39-37(32)45-26-29-13-9-6-10-14-29/h5-18,24,27H,19-23,25-26H2,1-4H3. The van der Waals surface area contributed by atoms with Crippen LogP contribution in [-0.4, -0.2) is 39.4 Å². The largest absolute Gasteiger partial charge is 0.473 e. The Morgan fingerprint density at radius 3 is 2.15 bits per heavy atom. The van der Waals surface area contributed by atoms with Gasteiger partial charge in [-0.05, 0) is 74.9 Å². The van der Waals surface area contributed by atoms with Gasteiger partial charge in [-0.3, -0.25) is 9.48 Å². The maximum Gasteiger partial charge on any atom is 0.306 e. The molecule has 0 aliphatic carbocycles. The zero-order chi connectivity index (χ0) is 32.1. The first-order valence-corrected chi connectivity index (χ1v) is 16.0. The van der Waals surface area contributed by atoms with Gasteiger partial charge < -0.3 is 19.1 Å². The number of nitrogens with zero attached hydrogens (tertiary/aromatic N) is 4. The Bertz CT molecular complexity index is 1770. The summed E-state index contributed by atoms with van der Waals surface area (Å²) < 4.78 is 19.9. The topological polar surface area (TPSA) is 78.7 Å². The number of carbonyl (C=O) groups is 1. The molecule has 0 bridgehead atoms. The maximum atomic E-state index is 12.4. The molecule has 1 aliphatic heterocycles. The Balaban J connectivity index is 1.21. The van der Waals surface area contributed by atoms with E-state index in [1.807, 2.05) is 105 Å². The zero-order valence-electron chi connectivity index (χ0n) is 27.1. The summed E-state index contributed by atoms with van der Waals surface area (Å²) in [5, 5.41) is 5.97. The molecule has 0 amide bonds. The van der Waals surface area contributed by atoms with Crippen LogP contribution in [0.15, 0.2) is 91.0 Å². The lowest BCUT2D eigenvalue weighted by Crippen LogP contribution is -2.35. The third kappa shape index (κ3) is 7.68. The first kappa shape index (κ1) is 31.1. The summed E-state index contributed by atoms with van der Waals surface area (Å²) in [7, 11) is 1.97. The van der Waals surface area contributed by atoms with Gasteiger partial charge in [-0.15, -0.1) is 0 Å². The lowest BCUT2D eigenvalue weighted by atomic mass is 9.93. The van der Waals surface area contributed by atoms with Crippen LogP contribution in [-0.2, 0) is 29.8 Å². The number of benzene rings is 3. The number of pyridine rings is 1. The molecule has 8 nitrogen and oxygen atoms in total. The number of aromatic nitrogens is 3. The minimum absolute atomic E-state index is 0.104. The molecule has 1 aliphatic rings. The fourth-order valence-corrected chi connectivity index (χ4v) is 5.91. The minimum atomic E-state index is -0.446. The van der Waals surface area contributed by atoms with Crippen LogP contribution in [0.25, 0.3) is 22.2 Å². The van der Waals surface area contributed by atoms with Gasteiger partial charge in [-0.2, -0.15) is 10.1 Å². The molecular formula is C38H42N4O4.